The Balaban J connectivity index is 1.89. The molecule has 1 aliphatic carbocycles. The minimum atomic E-state index is 0.117. The van der Waals surface area contributed by atoms with Gasteiger partial charge in [0.25, 0.3) is 0 Å². The fraction of sp³-hybridized carbons (Fsp3) is 0.909. The molecule has 2 unspecified atom stereocenters. The summed E-state index contributed by atoms with van der Waals surface area (Å²) in [6.45, 7) is 2.42. The van der Waals surface area contributed by atoms with Crippen LogP contribution in [0.1, 0.15) is 32.1 Å². The number of carbonyl (C=O) groups is 1. The van der Waals surface area contributed by atoms with E-state index in [1.807, 2.05) is 4.90 Å². The second-order valence-corrected chi connectivity index (χ2v) is 4.69. The molecule has 0 aromatic rings. The third kappa shape index (κ3) is 2.43. The number of fused-ring (bicyclic) bond motifs is 1. The van der Waals surface area contributed by atoms with Crippen molar-refractivity contribution >= 4 is 6.03 Å². The van der Waals surface area contributed by atoms with Crippen molar-refractivity contribution in [3.8, 4) is 0 Å². The number of nitrogens with one attached hydrogen (secondary N) is 1. The molecule has 0 bridgehead atoms. The molecular weight excluding hydrogens is 190 g/mol. The zero-order valence-electron chi connectivity index (χ0n) is 9.24. The van der Waals surface area contributed by atoms with Crippen molar-refractivity contribution in [1.29, 1.82) is 0 Å². The molecule has 0 spiro atoms. The number of amides is 2. The molecule has 0 aromatic carbocycles. The zero-order chi connectivity index (χ0) is 10.7. The van der Waals surface area contributed by atoms with E-state index in [1.165, 1.54) is 25.7 Å². The SMILES string of the molecule is NCCCN1CC2CCCCC2NC1=O. The lowest BCUT2D eigenvalue weighted by Crippen LogP contribution is -2.57. The largest absolute Gasteiger partial charge is 0.335 e. The summed E-state index contributed by atoms with van der Waals surface area (Å²) in [5, 5.41) is 3.12. The lowest BCUT2D eigenvalue weighted by Gasteiger charge is -2.41. The van der Waals surface area contributed by atoms with Gasteiger partial charge >= 0.3 is 6.03 Å². The van der Waals surface area contributed by atoms with Crippen LogP contribution in [0.25, 0.3) is 0 Å². The first kappa shape index (κ1) is 10.7. The van der Waals surface area contributed by atoms with Crippen LogP contribution in [0.4, 0.5) is 4.79 Å². The molecule has 2 aliphatic rings. The highest BCUT2D eigenvalue weighted by Gasteiger charge is 2.34. The van der Waals surface area contributed by atoms with Crippen LogP contribution in [0.5, 0.6) is 0 Å². The normalized spacial score (nSPS) is 31.0. The van der Waals surface area contributed by atoms with Crippen molar-refractivity contribution in [2.75, 3.05) is 19.6 Å². The Hall–Kier alpha value is -0.770. The highest BCUT2D eigenvalue weighted by molar-refractivity contribution is 5.75. The number of urea groups is 1. The number of carbonyl (C=O) groups excluding carboxylic acids is 1. The minimum absolute atomic E-state index is 0.117. The van der Waals surface area contributed by atoms with Gasteiger partial charge < -0.3 is 16.0 Å². The summed E-state index contributed by atoms with van der Waals surface area (Å²) < 4.78 is 0. The minimum Gasteiger partial charge on any atom is -0.335 e. The number of rotatable bonds is 3. The number of hydrogen-bond acceptors (Lipinski definition) is 2. The molecule has 1 aliphatic heterocycles. The number of nitrogens with zero attached hydrogens (tertiary/aromatic N) is 1. The van der Waals surface area contributed by atoms with Gasteiger partial charge in [-0.05, 0) is 31.7 Å². The van der Waals surface area contributed by atoms with E-state index < -0.39 is 0 Å². The molecule has 1 heterocycles. The van der Waals surface area contributed by atoms with Crippen molar-refractivity contribution in [1.82, 2.24) is 10.2 Å². The second-order valence-electron chi connectivity index (χ2n) is 4.69. The van der Waals surface area contributed by atoms with Gasteiger partial charge in [0.2, 0.25) is 0 Å². The predicted molar refractivity (Wildman–Crippen MR) is 59.5 cm³/mol. The Morgan fingerprint density at radius 1 is 1.40 bits per heavy atom. The van der Waals surface area contributed by atoms with Gasteiger partial charge in [-0.2, -0.15) is 0 Å². The fourth-order valence-electron chi connectivity index (χ4n) is 2.71. The third-order valence-corrected chi connectivity index (χ3v) is 3.59. The highest BCUT2D eigenvalue weighted by atomic mass is 16.2. The maximum absolute atomic E-state index is 11.7. The molecule has 2 fully saturated rings. The molecule has 2 amide bonds. The Labute approximate surface area is 91.2 Å². The maximum Gasteiger partial charge on any atom is 0.317 e. The number of hydrogen-bond donors (Lipinski definition) is 2. The topological polar surface area (TPSA) is 58.4 Å². The molecule has 2 rings (SSSR count). The van der Waals surface area contributed by atoms with Crippen molar-refractivity contribution in [3.63, 3.8) is 0 Å². The van der Waals surface area contributed by atoms with E-state index in [-0.39, 0.29) is 6.03 Å². The van der Waals surface area contributed by atoms with Gasteiger partial charge in [-0.15, -0.1) is 0 Å². The number of nitrogens with two attached hydrogens (primary N) is 1. The summed E-state index contributed by atoms with van der Waals surface area (Å²) >= 11 is 0. The standard InChI is InChI=1S/C11H21N3O/c12-6-3-7-14-8-9-4-1-2-5-10(9)13-11(14)15/h9-10H,1-8,12H2,(H,13,15). The van der Waals surface area contributed by atoms with Crippen LogP contribution in [0.15, 0.2) is 0 Å². The molecule has 1 saturated heterocycles. The van der Waals surface area contributed by atoms with Crippen LogP contribution in [0, 0.1) is 5.92 Å². The van der Waals surface area contributed by atoms with Gasteiger partial charge in [-0.1, -0.05) is 12.8 Å². The first-order valence-electron chi connectivity index (χ1n) is 6.07. The summed E-state index contributed by atoms with van der Waals surface area (Å²) in [6, 6.07) is 0.562. The summed E-state index contributed by atoms with van der Waals surface area (Å²) in [7, 11) is 0. The van der Waals surface area contributed by atoms with Crippen molar-refractivity contribution in [2.45, 2.75) is 38.1 Å². The van der Waals surface area contributed by atoms with Crippen molar-refractivity contribution in [2.24, 2.45) is 11.7 Å². The van der Waals surface area contributed by atoms with Crippen LogP contribution in [-0.2, 0) is 0 Å². The molecule has 15 heavy (non-hydrogen) atoms. The Bertz CT molecular complexity index is 232. The van der Waals surface area contributed by atoms with E-state index in [1.54, 1.807) is 0 Å². The smallest absolute Gasteiger partial charge is 0.317 e. The monoisotopic (exact) mass is 211 g/mol. The molecule has 86 valence electrons. The first-order valence-corrected chi connectivity index (χ1v) is 6.07. The van der Waals surface area contributed by atoms with Crippen LogP contribution in [-0.4, -0.2) is 36.6 Å². The molecule has 4 nitrogen and oxygen atoms in total. The van der Waals surface area contributed by atoms with Gasteiger partial charge in [-0.25, -0.2) is 4.79 Å². The quantitative estimate of drug-likeness (QED) is 0.729. The van der Waals surface area contributed by atoms with E-state index in [0.717, 1.165) is 19.5 Å². The zero-order valence-corrected chi connectivity index (χ0v) is 9.24. The molecule has 3 N–H and O–H groups in total. The van der Waals surface area contributed by atoms with Gasteiger partial charge in [0.15, 0.2) is 0 Å². The summed E-state index contributed by atoms with van der Waals surface area (Å²) in [4.78, 5) is 13.7. The van der Waals surface area contributed by atoms with E-state index in [0.29, 0.717) is 18.5 Å². The fourth-order valence-corrected chi connectivity index (χ4v) is 2.71. The van der Waals surface area contributed by atoms with Crippen LogP contribution >= 0.6 is 0 Å². The predicted octanol–water partition coefficient (Wildman–Crippen LogP) is 0.919. The molecule has 4 heteroatoms. The lowest BCUT2D eigenvalue weighted by atomic mass is 9.83. The summed E-state index contributed by atoms with van der Waals surface area (Å²) in [5.74, 6) is 0.675. The average Bonchev–Trinajstić information content (AvgIpc) is 2.26. The second kappa shape index (κ2) is 4.84. The van der Waals surface area contributed by atoms with Gasteiger partial charge in [0.1, 0.15) is 0 Å². The lowest BCUT2D eigenvalue weighted by molar-refractivity contribution is 0.126. The summed E-state index contributed by atoms with van der Waals surface area (Å²) in [5.41, 5.74) is 5.46. The van der Waals surface area contributed by atoms with Gasteiger partial charge in [0, 0.05) is 19.1 Å². The van der Waals surface area contributed by atoms with Gasteiger partial charge in [0.05, 0.1) is 0 Å². The van der Waals surface area contributed by atoms with Crippen molar-refractivity contribution in [3.05, 3.63) is 0 Å². The average molecular weight is 211 g/mol. The van der Waals surface area contributed by atoms with E-state index >= 15 is 0 Å². The third-order valence-electron chi connectivity index (χ3n) is 3.59. The van der Waals surface area contributed by atoms with Gasteiger partial charge in [-0.3, -0.25) is 0 Å². The highest BCUT2D eigenvalue weighted by Crippen LogP contribution is 2.28. The maximum atomic E-state index is 11.7. The molecule has 1 saturated carbocycles. The van der Waals surface area contributed by atoms with E-state index in [4.69, 9.17) is 5.73 Å². The van der Waals surface area contributed by atoms with Crippen molar-refractivity contribution < 1.29 is 4.79 Å². The summed E-state index contributed by atoms with van der Waals surface area (Å²) in [6.07, 6.45) is 5.93. The molecule has 0 aromatic heterocycles. The Morgan fingerprint density at radius 2 is 2.20 bits per heavy atom. The van der Waals surface area contributed by atoms with Crippen LogP contribution in [0.3, 0.4) is 0 Å². The first-order chi connectivity index (χ1) is 7.31. The van der Waals surface area contributed by atoms with Crippen LogP contribution in [0.2, 0.25) is 0 Å². The van der Waals surface area contributed by atoms with E-state index in [9.17, 15) is 4.79 Å². The Kier molecular flexibility index (Phi) is 3.46. The molecule has 2 atom stereocenters. The molecular formula is C11H21N3O. The van der Waals surface area contributed by atoms with Crippen LogP contribution < -0.4 is 11.1 Å². The Morgan fingerprint density at radius 3 is 3.00 bits per heavy atom. The van der Waals surface area contributed by atoms with E-state index in [2.05, 4.69) is 5.32 Å². The molecule has 0 radical (unpaired) electrons.